The number of rotatable bonds is 4. The van der Waals surface area contributed by atoms with Gasteiger partial charge in [-0.05, 0) is 37.8 Å². The van der Waals surface area contributed by atoms with Gasteiger partial charge in [-0.3, -0.25) is 0 Å². The van der Waals surface area contributed by atoms with Gasteiger partial charge in [0.05, 0.1) is 18.4 Å². The van der Waals surface area contributed by atoms with Crippen LogP contribution in [0.4, 0.5) is 0 Å². The second-order valence-electron chi connectivity index (χ2n) is 3.32. The SMILES string of the molecule is CCOC(=O)c1ccc(SC)c(/C=N/O)c1C. The van der Waals surface area contributed by atoms with Crippen LogP contribution in [0.2, 0.25) is 0 Å². The van der Waals surface area contributed by atoms with E-state index in [1.807, 2.05) is 19.2 Å². The maximum atomic E-state index is 11.7. The average molecular weight is 253 g/mol. The molecule has 0 atom stereocenters. The zero-order valence-corrected chi connectivity index (χ0v) is 10.9. The number of benzene rings is 1. The molecule has 0 aliphatic carbocycles. The number of thioether (sulfide) groups is 1. The molecule has 1 aromatic rings. The third kappa shape index (κ3) is 3.00. The predicted octanol–water partition coefficient (Wildman–Crippen LogP) is 2.70. The largest absolute Gasteiger partial charge is 0.462 e. The fourth-order valence-corrected chi connectivity index (χ4v) is 2.16. The van der Waals surface area contributed by atoms with E-state index in [0.29, 0.717) is 12.2 Å². The van der Waals surface area contributed by atoms with Gasteiger partial charge in [0.2, 0.25) is 0 Å². The molecule has 1 aromatic carbocycles. The molecule has 0 aromatic heterocycles. The van der Waals surface area contributed by atoms with Crippen molar-refractivity contribution in [1.82, 2.24) is 0 Å². The molecule has 92 valence electrons. The summed E-state index contributed by atoms with van der Waals surface area (Å²) in [6.45, 7) is 3.91. The lowest BCUT2D eigenvalue weighted by Crippen LogP contribution is -2.08. The van der Waals surface area contributed by atoms with Crippen molar-refractivity contribution in [3.05, 3.63) is 28.8 Å². The summed E-state index contributed by atoms with van der Waals surface area (Å²) in [7, 11) is 0. The second-order valence-corrected chi connectivity index (χ2v) is 4.17. The lowest BCUT2D eigenvalue weighted by molar-refractivity contribution is 0.0525. The normalized spacial score (nSPS) is 10.8. The van der Waals surface area contributed by atoms with Crippen molar-refractivity contribution in [2.45, 2.75) is 18.7 Å². The van der Waals surface area contributed by atoms with Gasteiger partial charge in [0, 0.05) is 10.5 Å². The molecule has 0 spiro atoms. The molecule has 0 fully saturated rings. The van der Waals surface area contributed by atoms with Gasteiger partial charge in [0.1, 0.15) is 0 Å². The topological polar surface area (TPSA) is 58.9 Å². The molecule has 0 bridgehead atoms. The van der Waals surface area contributed by atoms with Crippen LogP contribution in [0, 0.1) is 6.92 Å². The van der Waals surface area contributed by atoms with Gasteiger partial charge in [0.25, 0.3) is 0 Å². The van der Waals surface area contributed by atoms with Crippen molar-refractivity contribution >= 4 is 23.9 Å². The Kier molecular flexibility index (Phi) is 5.03. The molecule has 0 saturated carbocycles. The smallest absolute Gasteiger partial charge is 0.338 e. The fourth-order valence-electron chi connectivity index (χ4n) is 1.53. The molecular formula is C12H15NO3S. The zero-order valence-electron chi connectivity index (χ0n) is 10.1. The Morgan fingerprint density at radius 1 is 1.59 bits per heavy atom. The molecular weight excluding hydrogens is 238 g/mol. The van der Waals surface area contributed by atoms with Crippen LogP contribution < -0.4 is 0 Å². The maximum Gasteiger partial charge on any atom is 0.338 e. The van der Waals surface area contributed by atoms with Gasteiger partial charge >= 0.3 is 5.97 Å². The minimum absolute atomic E-state index is 0.339. The summed E-state index contributed by atoms with van der Waals surface area (Å²) in [4.78, 5) is 12.6. The van der Waals surface area contributed by atoms with Crippen LogP contribution in [0.15, 0.2) is 22.2 Å². The molecule has 0 unspecified atom stereocenters. The van der Waals surface area contributed by atoms with Crippen LogP contribution in [0.5, 0.6) is 0 Å². The van der Waals surface area contributed by atoms with Crippen LogP contribution in [-0.4, -0.2) is 30.3 Å². The number of hydrogen-bond acceptors (Lipinski definition) is 5. The van der Waals surface area contributed by atoms with Crippen LogP contribution in [-0.2, 0) is 4.74 Å². The van der Waals surface area contributed by atoms with E-state index < -0.39 is 0 Å². The number of carbonyl (C=O) groups excluding carboxylic acids is 1. The summed E-state index contributed by atoms with van der Waals surface area (Å²) < 4.78 is 4.96. The van der Waals surface area contributed by atoms with E-state index in [1.165, 1.54) is 18.0 Å². The highest BCUT2D eigenvalue weighted by Gasteiger charge is 2.14. The molecule has 5 heteroatoms. The van der Waals surface area contributed by atoms with Crippen molar-refractivity contribution in [3.63, 3.8) is 0 Å². The first-order chi connectivity index (χ1) is 8.15. The van der Waals surface area contributed by atoms with Crippen molar-refractivity contribution < 1.29 is 14.7 Å². The molecule has 0 radical (unpaired) electrons. The monoisotopic (exact) mass is 253 g/mol. The minimum atomic E-state index is -0.356. The maximum absolute atomic E-state index is 11.7. The van der Waals surface area contributed by atoms with E-state index in [1.54, 1.807) is 13.0 Å². The quantitative estimate of drug-likeness (QED) is 0.295. The highest BCUT2D eigenvalue weighted by atomic mass is 32.2. The van der Waals surface area contributed by atoms with E-state index in [-0.39, 0.29) is 5.97 Å². The van der Waals surface area contributed by atoms with Gasteiger partial charge in [-0.2, -0.15) is 0 Å². The summed E-state index contributed by atoms with van der Waals surface area (Å²) in [5, 5.41) is 11.7. The van der Waals surface area contributed by atoms with Crippen LogP contribution >= 0.6 is 11.8 Å². The fraction of sp³-hybridized carbons (Fsp3) is 0.333. The summed E-state index contributed by atoms with van der Waals surface area (Å²) in [5.74, 6) is -0.356. The Bertz CT molecular complexity index is 444. The summed E-state index contributed by atoms with van der Waals surface area (Å²) >= 11 is 1.53. The Morgan fingerprint density at radius 3 is 2.82 bits per heavy atom. The number of esters is 1. The first kappa shape index (κ1) is 13.6. The molecule has 0 aliphatic heterocycles. The van der Waals surface area contributed by atoms with Crippen LogP contribution in [0.1, 0.15) is 28.4 Å². The number of ether oxygens (including phenoxy) is 1. The highest BCUT2D eigenvalue weighted by Crippen LogP contribution is 2.25. The van der Waals surface area contributed by atoms with Gasteiger partial charge in [-0.1, -0.05) is 5.16 Å². The molecule has 0 aliphatic rings. The minimum Gasteiger partial charge on any atom is -0.462 e. The van der Waals surface area contributed by atoms with E-state index in [2.05, 4.69) is 5.16 Å². The summed E-state index contributed by atoms with van der Waals surface area (Å²) in [5.41, 5.74) is 2.00. The first-order valence-corrected chi connectivity index (χ1v) is 6.40. The van der Waals surface area contributed by atoms with Crippen molar-refractivity contribution in [1.29, 1.82) is 0 Å². The van der Waals surface area contributed by atoms with E-state index in [9.17, 15) is 4.79 Å². The van der Waals surface area contributed by atoms with Gasteiger partial charge in [0.15, 0.2) is 0 Å². The van der Waals surface area contributed by atoms with Crippen LogP contribution in [0.25, 0.3) is 0 Å². The van der Waals surface area contributed by atoms with Crippen molar-refractivity contribution in [2.24, 2.45) is 5.16 Å². The molecule has 1 N–H and O–H groups in total. The average Bonchev–Trinajstić information content (AvgIpc) is 2.32. The number of oxime groups is 1. The van der Waals surface area contributed by atoms with Crippen molar-refractivity contribution in [2.75, 3.05) is 12.9 Å². The molecule has 4 nitrogen and oxygen atoms in total. The third-order valence-electron chi connectivity index (χ3n) is 2.38. The third-order valence-corrected chi connectivity index (χ3v) is 3.17. The molecule has 17 heavy (non-hydrogen) atoms. The Balaban J connectivity index is 3.27. The van der Waals surface area contributed by atoms with Crippen molar-refractivity contribution in [3.8, 4) is 0 Å². The van der Waals surface area contributed by atoms with E-state index in [0.717, 1.165) is 16.0 Å². The van der Waals surface area contributed by atoms with Gasteiger partial charge in [-0.15, -0.1) is 11.8 Å². The number of nitrogens with zero attached hydrogens (tertiary/aromatic N) is 1. The van der Waals surface area contributed by atoms with E-state index >= 15 is 0 Å². The zero-order chi connectivity index (χ0) is 12.8. The molecule has 0 saturated heterocycles. The standard InChI is InChI=1S/C12H15NO3S/c1-4-16-12(14)9-5-6-11(17-3)10(7-13-15)8(9)2/h5-7,15H,4H2,1-3H3/b13-7+. The first-order valence-electron chi connectivity index (χ1n) is 5.17. The molecule has 0 heterocycles. The molecule has 1 rings (SSSR count). The number of hydrogen-bond donors (Lipinski definition) is 1. The Hall–Kier alpha value is -1.49. The number of carbonyl (C=O) groups is 1. The second kappa shape index (κ2) is 6.30. The summed E-state index contributed by atoms with van der Waals surface area (Å²) in [6.07, 6.45) is 3.26. The lowest BCUT2D eigenvalue weighted by Gasteiger charge is -2.10. The van der Waals surface area contributed by atoms with E-state index in [4.69, 9.17) is 9.94 Å². The van der Waals surface area contributed by atoms with Gasteiger partial charge in [-0.25, -0.2) is 4.79 Å². The predicted molar refractivity (Wildman–Crippen MR) is 68.3 cm³/mol. The molecule has 0 amide bonds. The Morgan fingerprint density at radius 2 is 2.29 bits per heavy atom. The Labute approximate surface area is 105 Å². The van der Waals surface area contributed by atoms with Crippen LogP contribution in [0.3, 0.4) is 0 Å². The highest BCUT2D eigenvalue weighted by molar-refractivity contribution is 7.98. The lowest BCUT2D eigenvalue weighted by atomic mass is 10.0. The summed E-state index contributed by atoms with van der Waals surface area (Å²) in [6, 6.07) is 3.55. The van der Waals surface area contributed by atoms with Gasteiger partial charge < -0.3 is 9.94 Å².